The average molecular weight is 383 g/mol. The number of hydrogen-bond donors (Lipinski definition) is 1. The third kappa shape index (κ3) is 3.57. The van der Waals surface area contributed by atoms with E-state index < -0.39 is 5.60 Å². The normalized spacial score (nSPS) is 18.4. The van der Waals surface area contributed by atoms with E-state index in [0.29, 0.717) is 24.6 Å². The Hall–Kier alpha value is -1.83. The Balaban J connectivity index is 1.68. The molecule has 2 aromatic rings. The van der Waals surface area contributed by atoms with Gasteiger partial charge in [-0.1, -0.05) is 0 Å². The second-order valence-corrected chi connectivity index (χ2v) is 7.35. The molecule has 0 bridgehead atoms. The molecule has 0 spiro atoms. The smallest absolute Gasteiger partial charge is 0.410 e. The molecule has 1 aliphatic heterocycles. The lowest BCUT2D eigenvalue weighted by molar-refractivity contribution is 0.0275. The molecule has 23 heavy (non-hydrogen) atoms. The maximum absolute atomic E-state index is 12.1. The molecule has 0 aliphatic carbocycles. The zero-order valence-electron chi connectivity index (χ0n) is 13.3. The number of halogens is 1. The van der Waals surface area contributed by atoms with Gasteiger partial charge in [-0.15, -0.1) is 0 Å². The molecule has 1 amide bonds. The van der Waals surface area contributed by atoms with Crippen LogP contribution in [0.1, 0.15) is 27.2 Å². The summed E-state index contributed by atoms with van der Waals surface area (Å²) in [6, 6.07) is 0. The lowest BCUT2D eigenvalue weighted by Crippen LogP contribution is -2.36. The van der Waals surface area contributed by atoms with Crippen LogP contribution in [0.25, 0.3) is 11.0 Å². The third-order valence-corrected chi connectivity index (χ3v) is 4.09. The van der Waals surface area contributed by atoms with Crippen LogP contribution in [0.4, 0.5) is 4.79 Å². The van der Waals surface area contributed by atoms with E-state index in [4.69, 9.17) is 9.47 Å². The fourth-order valence-corrected chi connectivity index (χ4v) is 2.93. The first-order valence-electron chi connectivity index (χ1n) is 7.45. The minimum Gasteiger partial charge on any atom is -0.472 e. The largest absolute Gasteiger partial charge is 0.472 e. The van der Waals surface area contributed by atoms with Crippen LogP contribution in [0.15, 0.2) is 17.0 Å². The quantitative estimate of drug-likeness (QED) is 0.862. The van der Waals surface area contributed by atoms with Crippen molar-refractivity contribution in [3.05, 3.63) is 17.0 Å². The summed E-state index contributed by atoms with van der Waals surface area (Å²) in [5, 5.41) is 0.809. The molecule has 2 aromatic heterocycles. The summed E-state index contributed by atoms with van der Waals surface area (Å²) in [4.78, 5) is 25.2. The first-order valence-corrected chi connectivity index (χ1v) is 8.25. The lowest BCUT2D eigenvalue weighted by Gasteiger charge is -2.24. The van der Waals surface area contributed by atoms with Gasteiger partial charge >= 0.3 is 6.09 Å². The first kappa shape index (κ1) is 16.0. The Kier molecular flexibility index (Phi) is 4.18. The number of carbonyl (C=O) groups is 1. The van der Waals surface area contributed by atoms with Crippen molar-refractivity contribution in [2.75, 3.05) is 13.1 Å². The molecule has 1 fully saturated rings. The number of hydrogen-bond acceptors (Lipinski definition) is 5. The van der Waals surface area contributed by atoms with E-state index in [1.807, 2.05) is 20.8 Å². The minimum absolute atomic E-state index is 0.109. The van der Waals surface area contributed by atoms with Gasteiger partial charge in [-0.3, -0.25) is 0 Å². The molecular formula is C15H19BrN4O3. The number of carbonyl (C=O) groups excluding carboxylic acids is 1. The first-order chi connectivity index (χ1) is 10.8. The second-order valence-electron chi connectivity index (χ2n) is 6.49. The van der Waals surface area contributed by atoms with Gasteiger partial charge in [0.15, 0.2) is 0 Å². The maximum atomic E-state index is 12.1. The Morgan fingerprint density at radius 3 is 2.96 bits per heavy atom. The van der Waals surface area contributed by atoms with Gasteiger partial charge in [-0.25, -0.2) is 14.8 Å². The van der Waals surface area contributed by atoms with Crippen LogP contribution in [0.5, 0.6) is 5.88 Å². The Bertz CT molecular complexity index is 725. The van der Waals surface area contributed by atoms with Crippen LogP contribution < -0.4 is 4.74 Å². The molecule has 1 aliphatic rings. The molecule has 1 N–H and O–H groups in total. The Morgan fingerprint density at radius 1 is 1.43 bits per heavy atom. The second kappa shape index (κ2) is 5.99. The van der Waals surface area contributed by atoms with Crippen LogP contribution in [0, 0.1) is 0 Å². The highest BCUT2D eigenvalue weighted by Crippen LogP contribution is 2.30. The van der Waals surface area contributed by atoms with E-state index in [1.54, 1.807) is 11.1 Å². The van der Waals surface area contributed by atoms with Crippen molar-refractivity contribution < 1.29 is 14.3 Å². The Morgan fingerprint density at radius 2 is 2.22 bits per heavy atom. The molecule has 1 saturated heterocycles. The number of nitrogens with zero attached hydrogens (tertiary/aromatic N) is 3. The zero-order valence-corrected chi connectivity index (χ0v) is 14.9. The van der Waals surface area contributed by atoms with Gasteiger partial charge in [0.2, 0.25) is 5.88 Å². The Labute approximate surface area is 142 Å². The molecule has 3 rings (SSSR count). The van der Waals surface area contributed by atoms with Gasteiger partial charge in [0.05, 0.1) is 11.9 Å². The zero-order chi connectivity index (χ0) is 16.6. The number of fused-ring (bicyclic) bond motifs is 1. The molecular weight excluding hydrogens is 364 g/mol. The molecule has 1 atom stereocenters. The van der Waals surface area contributed by atoms with E-state index in [2.05, 4.69) is 30.9 Å². The number of likely N-dealkylation sites (tertiary alicyclic amines) is 1. The highest BCUT2D eigenvalue weighted by atomic mass is 79.9. The molecule has 0 aromatic carbocycles. The average Bonchev–Trinajstić information content (AvgIpc) is 3.05. The predicted molar refractivity (Wildman–Crippen MR) is 88.4 cm³/mol. The van der Waals surface area contributed by atoms with Crippen LogP contribution in [-0.4, -0.2) is 50.7 Å². The third-order valence-electron chi connectivity index (χ3n) is 3.46. The van der Waals surface area contributed by atoms with Gasteiger partial charge in [-0.05, 0) is 36.7 Å². The maximum Gasteiger partial charge on any atom is 0.410 e. The van der Waals surface area contributed by atoms with Gasteiger partial charge in [0.1, 0.15) is 23.7 Å². The topological polar surface area (TPSA) is 80.3 Å². The van der Waals surface area contributed by atoms with E-state index in [-0.39, 0.29) is 12.2 Å². The van der Waals surface area contributed by atoms with E-state index >= 15 is 0 Å². The van der Waals surface area contributed by atoms with Crippen molar-refractivity contribution in [2.45, 2.75) is 38.9 Å². The van der Waals surface area contributed by atoms with Crippen molar-refractivity contribution in [3.8, 4) is 5.88 Å². The summed E-state index contributed by atoms with van der Waals surface area (Å²) < 4.78 is 12.2. The van der Waals surface area contributed by atoms with Crippen LogP contribution in [0.2, 0.25) is 0 Å². The van der Waals surface area contributed by atoms with Gasteiger partial charge in [-0.2, -0.15) is 0 Å². The monoisotopic (exact) mass is 382 g/mol. The number of H-pyrrole nitrogens is 1. The van der Waals surface area contributed by atoms with Gasteiger partial charge in [0.25, 0.3) is 0 Å². The highest BCUT2D eigenvalue weighted by Gasteiger charge is 2.31. The van der Waals surface area contributed by atoms with Crippen LogP contribution >= 0.6 is 15.9 Å². The fraction of sp³-hybridized carbons (Fsp3) is 0.533. The number of ether oxygens (including phenoxy) is 2. The summed E-state index contributed by atoms with van der Waals surface area (Å²) in [5.74, 6) is 0.513. The van der Waals surface area contributed by atoms with Crippen molar-refractivity contribution in [1.29, 1.82) is 0 Å². The summed E-state index contributed by atoms with van der Waals surface area (Å²) >= 11 is 3.46. The minimum atomic E-state index is -0.495. The predicted octanol–water partition coefficient (Wildman–Crippen LogP) is 3.11. The lowest BCUT2D eigenvalue weighted by atomic mass is 10.2. The van der Waals surface area contributed by atoms with Crippen LogP contribution in [0.3, 0.4) is 0 Å². The molecule has 3 heterocycles. The van der Waals surface area contributed by atoms with E-state index in [9.17, 15) is 4.79 Å². The molecule has 1 unspecified atom stereocenters. The van der Waals surface area contributed by atoms with Crippen molar-refractivity contribution in [2.24, 2.45) is 0 Å². The number of aromatic amines is 1. The summed E-state index contributed by atoms with van der Waals surface area (Å²) in [5.41, 5.74) is 0.217. The number of rotatable bonds is 2. The van der Waals surface area contributed by atoms with Gasteiger partial charge in [0, 0.05) is 23.6 Å². The summed E-state index contributed by atoms with van der Waals surface area (Å²) in [7, 11) is 0. The molecule has 0 radical (unpaired) electrons. The molecule has 124 valence electrons. The summed E-state index contributed by atoms with van der Waals surface area (Å²) in [6.07, 6.45) is 3.59. The van der Waals surface area contributed by atoms with E-state index in [1.165, 1.54) is 6.33 Å². The highest BCUT2D eigenvalue weighted by molar-refractivity contribution is 9.10. The van der Waals surface area contributed by atoms with Crippen molar-refractivity contribution >= 4 is 33.1 Å². The number of aromatic nitrogens is 3. The molecule has 0 saturated carbocycles. The SMILES string of the molecule is CC(C)(C)OC(=O)N1CCC(Oc2ncnc3[nH]cc(Br)c23)C1. The van der Waals surface area contributed by atoms with Crippen molar-refractivity contribution in [3.63, 3.8) is 0 Å². The standard InChI is InChI=1S/C15H19BrN4O3/c1-15(2,3)23-14(21)20-5-4-9(7-20)22-13-11-10(16)6-17-12(11)18-8-19-13/h6,8-9H,4-5,7H2,1-3H3,(H,17,18,19). The number of nitrogens with one attached hydrogen (secondary N) is 1. The molecule has 7 nitrogen and oxygen atoms in total. The molecule has 8 heteroatoms. The van der Waals surface area contributed by atoms with E-state index in [0.717, 1.165) is 16.3 Å². The van der Waals surface area contributed by atoms with Gasteiger partial charge < -0.3 is 19.4 Å². The fourth-order valence-electron chi connectivity index (χ4n) is 2.46. The van der Waals surface area contributed by atoms with Crippen LogP contribution in [-0.2, 0) is 4.74 Å². The summed E-state index contributed by atoms with van der Waals surface area (Å²) in [6.45, 7) is 6.67. The number of amides is 1. The van der Waals surface area contributed by atoms with Crippen molar-refractivity contribution in [1.82, 2.24) is 19.9 Å².